The van der Waals surface area contributed by atoms with Gasteiger partial charge in [0, 0.05) is 0 Å². The number of nitrogens with two attached hydrogens (primary N) is 1. The van der Waals surface area contributed by atoms with E-state index in [4.69, 9.17) is 10.5 Å². The molecular formula is C12H17NO. The second kappa shape index (κ2) is 4.01. The van der Waals surface area contributed by atoms with Gasteiger partial charge in [0.25, 0.3) is 0 Å². The maximum atomic E-state index is 5.64. The van der Waals surface area contributed by atoms with Gasteiger partial charge in [-0.1, -0.05) is 18.2 Å². The van der Waals surface area contributed by atoms with E-state index in [0.29, 0.717) is 11.8 Å². The van der Waals surface area contributed by atoms with Crippen LogP contribution in [0.1, 0.15) is 24.8 Å². The molecule has 2 atom stereocenters. The average Bonchev–Trinajstić information content (AvgIpc) is 2.98. The van der Waals surface area contributed by atoms with Gasteiger partial charge in [-0.3, -0.25) is 0 Å². The zero-order valence-electron chi connectivity index (χ0n) is 8.57. The number of benzene rings is 1. The number of para-hydroxylation sites is 1. The molecule has 76 valence electrons. The summed E-state index contributed by atoms with van der Waals surface area (Å²) in [7, 11) is 0. The van der Waals surface area contributed by atoms with Crippen LogP contribution in [0.25, 0.3) is 0 Å². The summed E-state index contributed by atoms with van der Waals surface area (Å²) >= 11 is 0. The lowest BCUT2D eigenvalue weighted by molar-refractivity contribution is 0.336. The Morgan fingerprint density at radius 2 is 2.21 bits per heavy atom. The van der Waals surface area contributed by atoms with Crippen molar-refractivity contribution in [2.45, 2.75) is 19.3 Å². The van der Waals surface area contributed by atoms with Gasteiger partial charge in [0.05, 0.1) is 6.61 Å². The van der Waals surface area contributed by atoms with Crippen LogP contribution in [0.15, 0.2) is 24.3 Å². The molecule has 2 N–H and O–H groups in total. The van der Waals surface area contributed by atoms with E-state index in [2.05, 4.69) is 12.1 Å². The quantitative estimate of drug-likeness (QED) is 0.791. The number of hydrogen-bond donors (Lipinski definition) is 1. The molecule has 2 nitrogen and oxygen atoms in total. The molecule has 1 fully saturated rings. The summed E-state index contributed by atoms with van der Waals surface area (Å²) in [6.45, 7) is 3.55. The maximum absolute atomic E-state index is 5.64. The molecule has 0 radical (unpaired) electrons. The Balaban J connectivity index is 2.16. The van der Waals surface area contributed by atoms with Crippen LogP contribution in [0.5, 0.6) is 5.75 Å². The lowest BCUT2D eigenvalue weighted by Crippen LogP contribution is -2.03. The van der Waals surface area contributed by atoms with Crippen molar-refractivity contribution in [3.05, 3.63) is 29.8 Å². The van der Waals surface area contributed by atoms with Crippen LogP contribution >= 0.6 is 0 Å². The Labute approximate surface area is 85.1 Å². The first-order valence-electron chi connectivity index (χ1n) is 5.28. The predicted molar refractivity (Wildman–Crippen MR) is 57.5 cm³/mol. The third kappa shape index (κ3) is 1.75. The molecule has 0 saturated heterocycles. The standard InChI is InChI=1S/C12H17NO/c1-2-14-12-6-4-3-5-10(12)11-7-9(11)8-13/h3-6,9,11H,2,7-8,13H2,1H3/t9-,11-/m0/s1. The number of hydrogen-bond acceptors (Lipinski definition) is 2. The highest BCUT2D eigenvalue weighted by Gasteiger charge is 2.38. The maximum Gasteiger partial charge on any atom is 0.122 e. The Bertz CT molecular complexity index is 311. The highest BCUT2D eigenvalue weighted by molar-refractivity contribution is 5.39. The van der Waals surface area contributed by atoms with Crippen LogP contribution in [-0.2, 0) is 0 Å². The zero-order valence-corrected chi connectivity index (χ0v) is 8.57. The average molecular weight is 191 g/mol. The van der Waals surface area contributed by atoms with Crippen molar-refractivity contribution in [1.82, 2.24) is 0 Å². The topological polar surface area (TPSA) is 35.2 Å². The van der Waals surface area contributed by atoms with Gasteiger partial charge in [0.2, 0.25) is 0 Å². The lowest BCUT2D eigenvalue weighted by atomic mass is 10.1. The lowest BCUT2D eigenvalue weighted by Gasteiger charge is -2.09. The minimum atomic E-state index is 0.641. The van der Waals surface area contributed by atoms with Gasteiger partial charge >= 0.3 is 0 Å². The van der Waals surface area contributed by atoms with E-state index in [0.717, 1.165) is 18.9 Å². The second-order valence-electron chi connectivity index (χ2n) is 3.81. The molecule has 0 aliphatic heterocycles. The summed E-state index contributed by atoms with van der Waals surface area (Å²) in [5.74, 6) is 2.36. The van der Waals surface area contributed by atoms with Crippen LogP contribution in [0, 0.1) is 5.92 Å². The summed E-state index contributed by atoms with van der Waals surface area (Å²) in [6, 6.07) is 8.30. The van der Waals surface area contributed by atoms with Crippen LogP contribution in [-0.4, -0.2) is 13.2 Å². The molecule has 0 bridgehead atoms. The van der Waals surface area contributed by atoms with E-state index in [-0.39, 0.29) is 0 Å². The van der Waals surface area contributed by atoms with Gasteiger partial charge in [0.15, 0.2) is 0 Å². The molecular weight excluding hydrogens is 174 g/mol. The molecule has 0 aromatic heterocycles. The first-order valence-corrected chi connectivity index (χ1v) is 5.28. The molecule has 1 aliphatic carbocycles. The normalized spacial score (nSPS) is 24.7. The third-order valence-corrected chi connectivity index (χ3v) is 2.84. The van der Waals surface area contributed by atoms with E-state index in [1.807, 2.05) is 19.1 Å². The monoisotopic (exact) mass is 191 g/mol. The minimum absolute atomic E-state index is 0.641. The first kappa shape index (κ1) is 9.53. The Morgan fingerprint density at radius 3 is 2.86 bits per heavy atom. The molecule has 1 saturated carbocycles. The van der Waals surface area contributed by atoms with Crippen molar-refractivity contribution in [1.29, 1.82) is 0 Å². The smallest absolute Gasteiger partial charge is 0.122 e. The van der Waals surface area contributed by atoms with Gasteiger partial charge in [-0.15, -0.1) is 0 Å². The van der Waals surface area contributed by atoms with E-state index in [1.165, 1.54) is 12.0 Å². The minimum Gasteiger partial charge on any atom is -0.494 e. The van der Waals surface area contributed by atoms with Crippen molar-refractivity contribution in [2.24, 2.45) is 11.7 Å². The van der Waals surface area contributed by atoms with Crippen molar-refractivity contribution in [3.8, 4) is 5.75 Å². The Morgan fingerprint density at radius 1 is 1.43 bits per heavy atom. The predicted octanol–water partition coefficient (Wildman–Crippen LogP) is 2.15. The molecule has 1 aromatic carbocycles. The summed E-state index contributed by atoms with van der Waals surface area (Å²) in [5.41, 5.74) is 6.98. The highest BCUT2D eigenvalue weighted by Crippen LogP contribution is 2.49. The summed E-state index contributed by atoms with van der Waals surface area (Å²) in [4.78, 5) is 0. The van der Waals surface area contributed by atoms with Crippen molar-refractivity contribution >= 4 is 0 Å². The summed E-state index contributed by atoms with van der Waals surface area (Å²) in [5, 5.41) is 0. The molecule has 0 heterocycles. The number of ether oxygens (including phenoxy) is 1. The van der Waals surface area contributed by atoms with Crippen LogP contribution in [0.2, 0.25) is 0 Å². The first-order chi connectivity index (χ1) is 6.86. The molecule has 2 heteroatoms. The van der Waals surface area contributed by atoms with E-state index in [1.54, 1.807) is 0 Å². The zero-order chi connectivity index (χ0) is 9.97. The van der Waals surface area contributed by atoms with Gasteiger partial charge < -0.3 is 10.5 Å². The van der Waals surface area contributed by atoms with Crippen molar-refractivity contribution < 1.29 is 4.74 Å². The fourth-order valence-electron chi connectivity index (χ4n) is 1.96. The molecule has 0 spiro atoms. The summed E-state index contributed by atoms with van der Waals surface area (Å²) < 4.78 is 5.59. The molecule has 0 unspecified atom stereocenters. The third-order valence-electron chi connectivity index (χ3n) is 2.84. The highest BCUT2D eigenvalue weighted by atomic mass is 16.5. The fraction of sp³-hybridized carbons (Fsp3) is 0.500. The van der Waals surface area contributed by atoms with Crippen LogP contribution in [0.3, 0.4) is 0 Å². The molecule has 0 amide bonds. The molecule has 2 rings (SSSR count). The van der Waals surface area contributed by atoms with Gasteiger partial charge in [0.1, 0.15) is 5.75 Å². The molecule has 14 heavy (non-hydrogen) atoms. The fourth-order valence-corrected chi connectivity index (χ4v) is 1.96. The number of rotatable bonds is 4. The van der Waals surface area contributed by atoms with Crippen LogP contribution < -0.4 is 10.5 Å². The van der Waals surface area contributed by atoms with Gasteiger partial charge in [-0.05, 0) is 43.4 Å². The Hall–Kier alpha value is -1.02. The van der Waals surface area contributed by atoms with Gasteiger partial charge in [-0.25, -0.2) is 0 Å². The SMILES string of the molecule is CCOc1ccccc1[C@H]1C[C@H]1CN. The van der Waals surface area contributed by atoms with E-state index < -0.39 is 0 Å². The van der Waals surface area contributed by atoms with Crippen molar-refractivity contribution in [2.75, 3.05) is 13.2 Å². The summed E-state index contributed by atoms with van der Waals surface area (Å²) in [6.07, 6.45) is 1.22. The van der Waals surface area contributed by atoms with Crippen LogP contribution in [0.4, 0.5) is 0 Å². The van der Waals surface area contributed by atoms with Crippen molar-refractivity contribution in [3.63, 3.8) is 0 Å². The van der Waals surface area contributed by atoms with Gasteiger partial charge in [-0.2, -0.15) is 0 Å². The molecule has 1 aliphatic rings. The Kier molecular flexibility index (Phi) is 2.73. The second-order valence-corrected chi connectivity index (χ2v) is 3.81. The van der Waals surface area contributed by atoms with E-state index in [9.17, 15) is 0 Å². The molecule has 1 aromatic rings. The largest absolute Gasteiger partial charge is 0.494 e. The van der Waals surface area contributed by atoms with E-state index >= 15 is 0 Å².